The highest BCUT2D eigenvalue weighted by molar-refractivity contribution is 5.49. The number of hydrogen-bond acceptors (Lipinski definition) is 1. The third kappa shape index (κ3) is 3.51. The van der Waals surface area contributed by atoms with Gasteiger partial charge in [-0.1, -0.05) is 18.2 Å². The van der Waals surface area contributed by atoms with Gasteiger partial charge < -0.3 is 5.32 Å². The van der Waals surface area contributed by atoms with E-state index in [4.69, 9.17) is 0 Å². The minimum atomic E-state index is -4.40. The van der Waals surface area contributed by atoms with Crippen LogP contribution >= 0.6 is 0 Å². The molecule has 1 N–H and O–H groups in total. The quantitative estimate of drug-likeness (QED) is 0.795. The topological polar surface area (TPSA) is 12.0 Å². The Hall–Kier alpha value is -2.11. The zero-order valence-electron chi connectivity index (χ0n) is 11.1. The van der Waals surface area contributed by atoms with Crippen molar-refractivity contribution in [3.8, 4) is 0 Å². The minimum Gasteiger partial charge on any atom is -0.376 e. The Kier molecular flexibility index (Phi) is 4.16. The van der Waals surface area contributed by atoms with Gasteiger partial charge in [0.2, 0.25) is 0 Å². The summed E-state index contributed by atoms with van der Waals surface area (Å²) in [6.45, 7) is 1.52. The number of halogens is 5. The number of alkyl halides is 3. The normalized spacial score (nSPS) is 11.5. The maximum absolute atomic E-state index is 13.7. The van der Waals surface area contributed by atoms with Crippen LogP contribution in [0.3, 0.4) is 0 Å². The summed E-state index contributed by atoms with van der Waals surface area (Å²) in [6, 6.07) is 6.84. The van der Waals surface area contributed by atoms with Crippen molar-refractivity contribution in [3.63, 3.8) is 0 Å². The van der Waals surface area contributed by atoms with Crippen molar-refractivity contribution in [2.24, 2.45) is 0 Å². The molecule has 0 unspecified atom stereocenters. The molecule has 0 heterocycles. The van der Waals surface area contributed by atoms with Crippen LogP contribution in [0.2, 0.25) is 0 Å². The van der Waals surface area contributed by atoms with Gasteiger partial charge in [-0.05, 0) is 36.2 Å². The number of anilines is 1. The van der Waals surface area contributed by atoms with E-state index in [9.17, 15) is 22.0 Å². The fourth-order valence-corrected chi connectivity index (χ4v) is 1.82. The highest BCUT2D eigenvalue weighted by Gasteiger charge is 2.29. The number of benzene rings is 2. The number of nitrogens with one attached hydrogen (secondary N) is 1. The van der Waals surface area contributed by atoms with Gasteiger partial charge in [0.25, 0.3) is 0 Å². The molecule has 0 aliphatic carbocycles. The van der Waals surface area contributed by atoms with E-state index in [1.54, 1.807) is 0 Å². The van der Waals surface area contributed by atoms with E-state index >= 15 is 0 Å². The van der Waals surface area contributed by atoms with Gasteiger partial charge in [0.1, 0.15) is 11.5 Å². The minimum absolute atomic E-state index is 0.0232. The Morgan fingerprint density at radius 2 is 1.57 bits per heavy atom. The van der Waals surface area contributed by atoms with Crippen molar-refractivity contribution in [3.05, 3.63) is 64.7 Å². The van der Waals surface area contributed by atoms with Crippen molar-refractivity contribution < 1.29 is 22.0 Å². The summed E-state index contributed by atoms with van der Waals surface area (Å²) in [5.74, 6) is -1.45. The van der Waals surface area contributed by atoms with E-state index in [1.807, 2.05) is 0 Å². The lowest BCUT2D eigenvalue weighted by molar-refractivity contribution is -0.137. The van der Waals surface area contributed by atoms with Gasteiger partial charge in [-0.15, -0.1) is 0 Å². The summed E-state index contributed by atoms with van der Waals surface area (Å²) >= 11 is 0. The van der Waals surface area contributed by atoms with E-state index in [0.717, 1.165) is 18.2 Å². The number of aryl methyl sites for hydroxylation is 1. The predicted octanol–water partition coefficient (Wildman–Crippen LogP) is 4.90. The standard InChI is InChI=1S/C15H12F5N/c1-9-2-7-12(16)14(13(9)17)21-8-10-3-5-11(6-4-10)15(18,19)20/h2-7,21H,8H2,1H3. The van der Waals surface area contributed by atoms with Crippen LogP contribution in [-0.2, 0) is 12.7 Å². The van der Waals surface area contributed by atoms with Crippen molar-refractivity contribution in [2.75, 3.05) is 5.32 Å². The molecule has 0 spiro atoms. The van der Waals surface area contributed by atoms with Gasteiger partial charge in [-0.2, -0.15) is 13.2 Å². The SMILES string of the molecule is Cc1ccc(F)c(NCc2ccc(C(F)(F)F)cc2)c1F. The lowest BCUT2D eigenvalue weighted by Gasteiger charge is -2.11. The van der Waals surface area contributed by atoms with Crippen LogP contribution in [-0.4, -0.2) is 0 Å². The van der Waals surface area contributed by atoms with E-state index in [1.165, 1.54) is 25.1 Å². The summed E-state index contributed by atoms with van der Waals surface area (Å²) in [6.07, 6.45) is -4.40. The van der Waals surface area contributed by atoms with E-state index in [2.05, 4.69) is 5.32 Å². The Labute approximate surface area is 118 Å². The van der Waals surface area contributed by atoms with Gasteiger partial charge in [-0.3, -0.25) is 0 Å². The average Bonchev–Trinajstić information content (AvgIpc) is 2.43. The molecule has 0 saturated carbocycles. The van der Waals surface area contributed by atoms with Crippen LogP contribution in [0, 0.1) is 18.6 Å². The summed E-state index contributed by atoms with van der Waals surface area (Å²) in [5.41, 5.74) is -0.274. The molecule has 2 aromatic rings. The molecule has 1 nitrogen and oxygen atoms in total. The fraction of sp³-hybridized carbons (Fsp3) is 0.200. The Morgan fingerprint density at radius 3 is 2.14 bits per heavy atom. The molecular weight excluding hydrogens is 289 g/mol. The second-order valence-electron chi connectivity index (χ2n) is 4.60. The van der Waals surface area contributed by atoms with Gasteiger partial charge in [0.05, 0.1) is 5.56 Å². The molecule has 0 aliphatic rings. The molecule has 112 valence electrons. The molecule has 0 bridgehead atoms. The highest BCUT2D eigenvalue weighted by atomic mass is 19.4. The molecular formula is C15H12F5N. The van der Waals surface area contributed by atoms with Crippen LogP contribution in [0.5, 0.6) is 0 Å². The van der Waals surface area contributed by atoms with Crippen molar-refractivity contribution >= 4 is 5.69 Å². The highest BCUT2D eigenvalue weighted by Crippen LogP contribution is 2.29. The van der Waals surface area contributed by atoms with E-state index < -0.39 is 23.4 Å². The van der Waals surface area contributed by atoms with Crippen LogP contribution in [0.1, 0.15) is 16.7 Å². The van der Waals surface area contributed by atoms with Gasteiger partial charge in [0.15, 0.2) is 5.82 Å². The van der Waals surface area contributed by atoms with Crippen LogP contribution in [0.4, 0.5) is 27.6 Å². The molecule has 21 heavy (non-hydrogen) atoms. The zero-order chi connectivity index (χ0) is 15.6. The second-order valence-corrected chi connectivity index (χ2v) is 4.60. The molecule has 0 amide bonds. The molecule has 6 heteroatoms. The maximum atomic E-state index is 13.7. The van der Waals surface area contributed by atoms with Crippen molar-refractivity contribution in [2.45, 2.75) is 19.6 Å². The van der Waals surface area contributed by atoms with Crippen molar-refractivity contribution in [1.29, 1.82) is 0 Å². The predicted molar refractivity (Wildman–Crippen MR) is 69.9 cm³/mol. The number of hydrogen-bond donors (Lipinski definition) is 1. The third-order valence-electron chi connectivity index (χ3n) is 3.03. The first-order chi connectivity index (χ1) is 9.79. The summed E-state index contributed by atoms with van der Waals surface area (Å²) in [7, 11) is 0. The van der Waals surface area contributed by atoms with Gasteiger partial charge >= 0.3 is 6.18 Å². The molecule has 2 rings (SSSR count). The summed E-state index contributed by atoms with van der Waals surface area (Å²) in [4.78, 5) is 0. The molecule has 0 radical (unpaired) electrons. The molecule has 0 saturated heterocycles. The summed E-state index contributed by atoms with van der Waals surface area (Å²) < 4.78 is 64.5. The van der Waals surface area contributed by atoms with E-state index in [0.29, 0.717) is 5.56 Å². The maximum Gasteiger partial charge on any atom is 0.416 e. The molecule has 0 aromatic heterocycles. The Bertz CT molecular complexity index is 632. The van der Waals surface area contributed by atoms with E-state index in [-0.39, 0.29) is 17.8 Å². The zero-order valence-corrected chi connectivity index (χ0v) is 11.1. The van der Waals surface area contributed by atoms with Gasteiger partial charge in [0, 0.05) is 6.54 Å². The largest absolute Gasteiger partial charge is 0.416 e. The van der Waals surface area contributed by atoms with Crippen molar-refractivity contribution in [1.82, 2.24) is 0 Å². The lowest BCUT2D eigenvalue weighted by Crippen LogP contribution is -2.07. The molecule has 0 atom stereocenters. The molecule has 2 aromatic carbocycles. The average molecular weight is 301 g/mol. The Balaban J connectivity index is 2.12. The van der Waals surface area contributed by atoms with Gasteiger partial charge in [-0.25, -0.2) is 8.78 Å². The monoisotopic (exact) mass is 301 g/mol. The second kappa shape index (κ2) is 5.71. The fourth-order valence-electron chi connectivity index (χ4n) is 1.82. The first-order valence-corrected chi connectivity index (χ1v) is 6.13. The first-order valence-electron chi connectivity index (χ1n) is 6.13. The molecule has 0 aliphatic heterocycles. The molecule has 0 fully saturated rings. The Morgan fingerprint density at radius 1 is 0.952 bits per heavy atom. The third-order valence-corrected chi connectivity index (χ3v) is 3.03. The van der Waals surface area contributed by atoms with Crippen LogP contribution < -0.4 is 5.32 Å². The summed E-state index contributed by atoms with van der Waals surface area (Å²) in [5, 5.41) is 2.57. The smallest absolute Gasteiger partial charge is 0.376 e. The lowest BCUT2D eigenvalue weighted by atomic mass is 10.1. The first kappa shape index (κ1) is 15.3. The van der Waals surface area contributed by atoms with Crippen LogP contribution in [0.15, 0.2) is 36.4 Å². The number of rotatable bonds is 3. The van der Waals surface area contributed by atoms with Crippen LogP contribution in [0.25, 0.3) is 0 Å².